The lowest BCUT2D eigenvalue weighted by molar-refractivity contribution is -0.117. The smallest absolute Gasteiger partial charge is 0.224 e. The van der Waals surface area contributed by atoms with E-state index in [-0.39, 0.29) is 17.1 Å². The number of carbonyl (C=O) groups is 1. The molecule has 0 bridgehead atoms. The van der Waals surface area contributed by atoms with Crippen LogP contribution in [0.15, 0.2) is 73.2 Å². The minimum Gasteiger partial charge on any atom is -0.492 e. The number of hydrogen-bond donors (Lipinski definition) is 3. The van der Waals surface area contributed by atoms with Gasteiger partial charge in [0.25, 0.3) is 0 Å². The van der Waals surface area contributed by atoms with Crippen LogP contribution >= 0.6 is 0 Å². The van der Waals surface area contributed by atoms with Crippen LogP contribution in [0.2, 0.25) is 0 Å². The number of halogens is 1. The van der Waals surface area contributed by atoms with Gasteiger partial charge in [0, 0.05) is 47.1 Å². The second-order valence-corrected chi connectivity index (χ2v) is 12.7. The first-order valence-corrected chi connectivity index (χ1v) is 14.8. The number of carbonyl (C=O) groups excluding carboxylic acids is 1. The van der Waals surface area contributed by atoms with Crippen molar-refractivity contribution in [3.8, 4) is 39.5 Å². The SMILES string of the molecule is CN(C)CCOc1cc(F)cc(-c2cccc3[nH]c(-c4n[nH]c5cnc(-c6cncc(NC(=O)CC(C)(C)C)c6)cc45)cc23)c1. The molecule has 1 amide bonds. The number of likely N-dealkylation sites (N-methyl/N-ethyl adjacent to an activating group) is 1. The highest BCUT2D eigenvalue weighted by molar-refractivity contribution is 6.01. The molecular weight excluding hydrogens is 569 g/mol. The molecule has 0 aliphatic rings. The van der Waals surface area contributed by atoms with Gasteiger partial charge in [-0.2, -0.15) is 5.10 Å². The summed E-state index contributed by atoms with van der Waals surface area (Å²) in [4.78, 5) is 27.0. The van der Waals surface area contributed by atoms with Crippen molar-refractivity contribution in [3.63, 3.8) is 0 Å². The van der Waals surface area contributed by atoms with Gasteiger partial charge >= 0.3 is 0 Å². The number of anilines is 1. The Morgan fingerprint density at radius 3 is 2.62 bits per heavy atom. The number of hydrogen-bond acceptors (Lipinski definition) is 6. The molecule has 0 spiro atoms. The summed E-state index contributed by atoms with van der Waals surface area (Å²) in [6.07, 6.45) is 5.49. The van der Waals surface area contributed by atoms with Crippen LogP contribution < -0.4 is 10.1 Å². The molecule has 0 fully saturated rings. The lowest BCUT2D eigenvalue weighted by Gasteiger charge is -2.17. The highest BCUT2D eigenvalue weighted by atomic mass is 19.1. The summed E-state index contributed by atoms with van der Waals surface area (Å²) in [5, 5.41) is 12.5. The molecule has 3 N–H and O–H groups in total. The standard InChI is InChI=1S/C35H36FN7O2/c1-35(2,3)17-33(44)39-24-12-22(18-37-19-24)30-16-28-32(20-38-30)41-42-34(28)31-15-27-26(7-6-8-29(27)40-31)21-11-23(36)14-25(13-21)45-10-9-43(4)5/h6-8,11-16,18-20,40H,9-10,17H2,1-5H3,(H,39,44)(H,41,42). The van der Waals surface area contributed by atoms with Crippen LogP contribution in [-0.2, 0) is 4.79 Å². The Kier molecular flexibility index (Phi) is 8.07. The van der Waals surface area contributed by atoms with Crippen LogP contribution in [0.25, 0.3) is 55.6 Å². The van der Waals surface area contributed by atoms with Gasteiger partial charge in [0.15, 0.2) is 0 Å². The molecule has 4 aromatic heterocycles. The van der Waals surface area contributed by atoms with Crippen LogP contribution in [-0.4, -0.2) is 63.2 Å². The van der Waals surface area contributed by atoms with Crippen molar-refractivity contribution in [3.05, 3.63) is 79.0 Å². The number of H-pyrrole nitrogens is 2. The molecule has 0 radical (unpaired) electrons. The number of aromatic nitrogens is 5. The predicted octanol–water partition coefficient (Wildman–Crippen LogP) is 7.29. The second-order valence-electron chi connectivity index (χ2n) is 12.7. The number of benzene rings is 2. The van der Waals surface area contributed by atoms with Gasteiger partial charge < -0.3 is 19.9 Å². The van der Waals surface area contributed by atoms with Crippen molar-refractivity contribution < 1.29 is 13.9 Å². The molecule has 0 unspecified atom stereocenters. The molecule has 6 rings (SSSR count). The fourth-order valence-corrected chi connectivity index (χ4v) is 5.30. The van der Waals surface area contributed by atoms with E-state index in [1.807, 2.05) is 82.2 Å². The predicted molar refractivity (Wildman–Crippen MR) is 177 cm³/mol. The molecular formula is C35H36FN7O2. The summed E-state index contributed by atoms with van der Waals surface area (Å²) in [6.45, 7) is 7.27. The van der Waals surface area contributed by atoms with E-state index in [0.717, 1.165) is 56.4 Å². The first-order chi connectivity index (χ1) is 21.5. The molecule has 4 heterocycles. The maximum atomic E-state index is 14.7. The molecule has 0 aliphatic carbocycles. The number of nitrogens with one attached hydrogen (secondary N) is 3. The van der Waals surface area contributed by atoms with E-state index in [1.165, 1.54) is 12.1 Å². The van der Waals surface area contributed by atoms with Gasteiger partial charge in [0.1, 0.15) is 23.9 Å². The van der Waals surface area contributed by atoms with Crippen molar-refractivity contribution in [2.75, 3.05) is 32.6 Å². The maximum absolute atomic E-state index is 14.7. The van der Waals surface area contributed by atoms with Gasteiger partial charge in [-0.25, -0.2) is 4.39 Å². The van der Waals surface area contributed by atoms with Crippen LogP contribution in [0, 0.1) is 11.2 Å². The molecule has 9 nitrogen and oxygen atoms in total. The molecule has 0 saturated heterocycles. The van der Waals surface area contributed by atoms with Crippen LogP contribution in [0.5, 0.6) is 5.75 Å². The van der Waals surface area contributed by atoms with E-state index in [0.29, 0.717) is 30.2 Å². The fourth-order valence-electron chi connectivity index (χ4n) is 5.30. The van der Waals surface area contributed by atoms with Gasteiger partial charge in [-0.1, -0.05) is 32.9 Å². The Morgan fingerprint density at radius 2 is 1.82 bits per heavy atom. The third kappa shape index (κ3) is 6.86. The third-order valence-electron chi connectivity index (χ3n) is 7.36. The van der Waals surface area contributed by atoms with Gasteiger partial charge in [-0.15, -0.1) is 0 Å². The minimum absolute atomic E-state index is 0.0634. The zero-order chi connectivity index (χ0) is 31.7. The normalized spacial score (nSPS) is 11.9. The Hall–Kier alpha value is -5.09. The molecule has 0 aliphatic heterocycles. The average Bonchev–Trinajstić information content (AvgIpc) is 3.59. The summed E-state index contributed by atoms with van der Waals surface area (Å²) >= 11 is 0. The van der Waals surface area contributed by atoms with Crippen molar-refractivity contribution in [1.82, 2.24) is 30.0 Å². The van der Waals surface area contributed by atoms with E-state index < -0.39 is 0 Å². The number of aromatic amines is 2. The first kappa shape index (κ1) is 30.0. The Morgan fingerprint density at radius 1 is 0.978 bits per heavy atom. The van der Waals surface area contributed by atoms with E-state index >= 15 is 0 Å². The maximum Gasteiger partial charge on any atom is 0.224 e. The summed E-state index contributed by atoms with van der Waals surface area (Å²) in [5.74, 6) is 0.0718. The molecule has 6 aromatic rings. The highest BCUT2D eigenvalue weighted by Gasteiger charge is 2.18. The lowest BCUT2D eigenvalue weighted by Crippen LogP contribution is -2.19. The largest absolute Gasteiger partial charge is 0.492 e. The lowest BCUT2D eigenvalue weighted by atomic mass is 9.92. The van der Waals surface area contributed by atoms with E-state index in [4.69, 9.17) is 4.74 Å². The third-order valence-corrected chi connectivity index (χ3v) is 7.36. The van der Waals surface area contributed by atoms with E-state index in [2.05, 4.69) is 30.5 Å². The quantitative estimate of drug-likeness (QED) is 0.160. The number of pyridine rings is 2. The second kappa shape index (κ2) is 12.1. The molecule has 10 heteroatoms. The zero-order valence-corrected chi connectivity index (χ0v) is 26.0. The monoisotopic (exact) mass is 605 g/mol. The summed E-state index contributed by atoms with van der Waals surface area (Å²) in [6, 6.07) is 16.6. The van der Waals surface area contributed by atoms with E-state index in [1.54, 1.807) is 18.6 Å². The Labute approximate surface area is 260 Å². The van der Waals surface area contributed by atoms with Gasteiger partial charge in [-0.05, 0) is 67.0 Å². The van der Waals surface area contributed by atoms with Crippen molar-refractivity contribution >= 4 is 33.4 Å². The topological polar surface area (TPSA) is 112 Å². The van der Waals surface area contributed by atoms with E-state index in [9.17, 15) is 9.18 Å². The van der Waals surface area contributed by atoms with Gasteiger partial charge in [0.2, 0.25) is 5.91 Å². The van der Waals surface area contributed by atoms with Crippen LogP contribution in [0.1, 0.15) is 27.2 Å². The van der Waals surface area contributed by atoms with Crippen LogP contribution in [0.3, 0.4) is 0 Å². The van der Waals surface area contributed by atoms with Crippen LogP contribution in [0.4, 0.5) is 10.1 Å². The molecule has 230 valence electrons. The molecule has 0 saturated carbocycles. The number of amides is 1. The van der Waals surface area contributed by atoms with Crippen molar-refractivity contribution in [2.45, 2.75) is 27.2 Å². The molecule has 0 atom stereocenters. The summed E-state index contributed by atoms with van der Waals surface area (Å²) in [7, 11) is 3.94. The molecule has 2 aromatic carbocycles. The Bertz CT molecular complexity index is 2010. The number of ether oxygens (including phenoxy) is 1. The number of nitrogens with zero attached hydrogens (tertiary/aromatic N) is 4. The zero-order valence-electron chi connectivity index (χ0n) is 26.0. The summed E-state index contributed by atoms with van der Waals surface area (Å²) in [5.41, 5.74) is 6.78. The molecule has 45 heavy (non-hydrogen) atoms. The van der Waals surface area contributed by atoms with Gasteiger partial charge in [0.05, 0.1) is 35.0 Å². The Balaban J connectivity index is 1.33. The van der Waals surface area contributed by atoms with Crippen molar-refractivity contribution in [1.29, 1.82) is 0 Å². The average molecular weight is 606 g/mol. The fraction of sp³-hybridized carbons (Fsp3) is 0.257. The van der Waals surface area contributed by atoms with Gasteiger partial charge in [-0.3, -0.25) is 19.9 Å². The first-order valence-electron chi connectivity index (χ1n) is 14.8. The highest BCUT2D eigenvalue weighted by Crippen LogP contribution is 2.36. The minimum atomic E-state index is -0.356. The number of fused-ring (bicyclic) bond motifs is 2. The number of rotatable bonds is 9. The van der Waals surface area contributed by atoms with Crippen molar-refractivity contribution in [2.24, 2.45) is 5.41 Å². The summed E-state index contributed by atoms with van der Waals surface area (Å²) < 4.78 is 20.5.